The first-order valence-electron chi connectivity index (χ1n) is 8.60. The Bertz CT molecular complexity index is 1090. The van der Waals surface area contributed by atoms with Gasteiger partial charge in [-0.1, -0.05) is 11.8 Å². The van der Waals surface area contributed by atoms with Crippen molar-refractivity contribution < 1.29 is 18.0 Å². The van der Waals surface area contributed by atoms with Crippen molar-refractivity contribution in [3.63, 3.8) is 0 Å². The van der Waals surface area contributed by atoms with E-state index in [0.717, 1.165) is 14.6 Å². The van der Waals surface area contributed by atoms with Gasteiger partial charge in [-0.05, 0) is 37.0 Å². The second-order valence-electron chi connectivity index (χ2n) is 6.57. The molecule has 2 aliphatic rings. The molecule has 0 aliphatic carbocycles. The molecular weight excluding hydrogens is 420 g/mol. The highest BCUT2D eigenvalue weighted by molar-refractivity contribution is 8.00. The molecule has 1 aromatic heterocycles. The van der Waals surface area contributed by atoms with Crippen LogP contribution in [0.5, 0.6) is 0 Å². The van der Waals surface area contributed by atoms with E-state index in [1.54, 1.807) is 29.2 Å². The van der Waals surface area contributed by atoms with Gasteiger partial charge in [0.15, 0.2) is 14.2 Å². The number of hydrogen-bond acceptors (Lipinski definition) is 8. The molecule has 1 aromatic carbocycles. The van der Waals surface area contributed by atoms with E-state index in [1.807, 2.05) is 18.4 Å². The van der Waals surface area contributed by atoms with Crippen LogP contribution in [0.2, 0.25) is 0 Å². The molecular formula is C17H18N4O4S3. The molecule has 0 saturated carbocycles. The Kier molecular flexibility index (Phi) is 5.06. The van der Waals surface area contributed by atoms with Crippen molar-refractivity contribution in [1.29, 1.82) is 0 Å². The number of nitrogens with zero attached hydrogens (tertiary/aromatic N) is 2. The average molecular weight is 439 g/mol. The number of sulfone groups is 1. The summed E-state index contributed by atoms with van der Waals surface area (Å²) in [6.07, 6.45) is 3.91. The summed E-state index contributed by atoms with van der Waals surface area (Å²) in [7, 11) is -3.14. The zero-order valence-corrected chi connectivity index (χ0v) is 17.4. The molecule has 2 aromatic rings. The Morgan fingerprint density at radius 1 is 1.43 bits per heavy atom. The van der Waals surface area contributed by atoms with Gasteiger partial charge in [-0.25, -0.2) is 13.4 Å². The number of rotatable bonds is 4. The molecule has 8 nitrogen and oxygen atoms in total. The summed E-state index contributed by atoms with van der Waals surface area (Å²) < 4.78 is 25.4. The van der Waals surface area contributed by atoms with E-state index in [1.165, 1.54) is 11.1 Å². The summed E-state index contributed by atoms with van der Waals surface area (Å²) in [6.45, 7) is 0. The first-order valence-corrected chi connectivity index (χ1v) is 12.5. The van der Waals surface area contributed by atoms with Gasteiger partial charge in [0.2, 0.25) is 5.91 Å². The Morgan fingerprint density at radius 2 is 2.25 bits per heavy atom. The normalized spacial score (nSPS) is 21.5. The Balaban J connectivity index is 1.48. The summed E-state index contributed by atoms with van der Waals surface area (Å²) in [5.74, 6) is -0.650. The third-order valence-electron chi connectivity index (χ3n) is 4.61. The lowest BCUT2D eigenvalue weighted by atomic mass is 10.2. The molecule has 3 heterocycles. The highest BCUT2D eigenvalue weighted by Crippen LogP contribution is 2.30. The molecule has 28 heavy (non-hydrogen) atoms. The van der Waals surface area contributed by atoms with Gasteiger partial charge in [0.05, 0.1) is 27.8 Å². The zero-order valence-electron chi connectivity index (χ0n) is 15.0. The maximum atomic E-state index is 12.6. The van der Waals surface area contributed by atoms with Gasteiger partial charge in [-0.15, -0.1) is 11.3 Å². The van der Waals surface area contributed by atoms with Crippen LogP contribution in [-0.2, 0) is 19.4 Å². The monoisotopic (exact) mass is 438 g/mol. The molecule has 1 atom stereocenters. The van der Waals surface area contributed by atoms with Gasteiger partial charge in [-0.3, -0.25) is 20.0 Å². The Hall–Kier alpha value is -2.11. The van der Waals surface area contributed by atoms with Gasteiger partial charge in [0.25, 0.3) is 5.91 Å². The molecule has 2 aliphatic heterocycles. The number of carbonyl (C=O) groups excluding carboxylic acids is 2. The lowest BCUT2D eigenvalue weighted by Gasteiger charge is -2.32. The fraction of sp³-hybridized carbons (Fsp3) is 0.353. The SMILES string of the molecule is CSc1nc2ccc(NC(=O)C3=CCC(=O)N([C@@H]4CCS(=O)(=O)C4)N3)cc2s1. The van der Waals surface area contributed by atoms with Crippen LogP contribution in [0, 0.1) is 0 Å². The summed E-state index contributed by atoms with van der Waals surface area (Å²) in [4.78, 5) is 29.3. The minimum Gasteiger partial charge on any atom is -0.321 e. The van der Waals surface area contributed by atoms with Crippen molar-refractivity contribution in [3.8, 4) is 0 Å². The van der Waals surface area contributed by atoms with Crippen molar-refractivity contribution in [2.75, 3.05) is 23.1 Å². The number of thioether (sulfide) groups is 1. The molecule has 148 valence electrons. The number of carbonyl (C=O) groups is 2. The van der Waals surface area contributed by atoms with Crippen LogP contribution in [-0.4, -0.2) is 54.0 Å². The maximum Gasteiger partial charge on any atom is 0.273 e. The second kappa shape index (κ2) is 7.37. The fourth-order valence-corrected chi connectivity index (χ4v) is 6.44. The topological polar surface area (TPSA) is 108 Å². The standard InChI is InChI=1S/C17H18N4O4S3/c1-26-17-19-12-3-2-10(8-14(12)27-17)18-16(23)13-4-5-15(22)21(20-13)11-6-7-28(24,25)9-11/h2-4,8,11,20H,5-7,9H2,1H3,(H,18,23)/t11-/m1/s1. The molecule has 0 radical (unpaired) electrons. The van der Waals surface area contributed by atoms with Crippen molar-refractivity contribution in [2.24, 2.45) is 0 Å². The van der Waals surface area contributed by atoms with Crippen LogP contribution in [0.3, 0.4) is 0 Å². The van der Waals surface area contributed by atoms with E-state index < -0.39 is 15.9 Å². The van der Waals surface area contributed by atoms with E-state index in [9.17, 15) is 18.0 Å². The lowest BCUT2D eigenvalue weighted by Crippen LogP contribution is -2.53. The number of hydrogen-bond donors (Lipinski definition) is 2. The zero-order chi connectivity index (χ0) is 19.9. The number of thiazole rings is 1. The number of fused-ring (bicyclic) bond motifs is 1. The predicted molar refractivity (Wildman–Crippen MR) is 110 cm³/mol. The minimum absolute atomic E-state index is 0.0528. The van der Waals surface area contributed by atoms with Gasteiger partial charge in [-0.2, -0.15) is 0 Å². The fourth-order valence-electron chi connectivity index (χ4n) is 3.21. The molecule has 1 saturated heterocycles. The van der Waals surface area contributed by atoms with Gasteiger partial charge in [0, 0.05) is 12.1 Å². The number of anilines is 1. The molecule has 0 unspecified atom stereocenters. The van der Waals surface area contributed by atoms with Crippen LogP contribution in [0.25, 0.3) is 10.2 Å². The summed E-state index contributed by atoms with van der Waals surface area (Å²) >= 11 is 3.12. The van der Waals surface area contributed by atoms with Crippen LogP contribution in [0.15, 0.2) is 34.3 Å². The van der Waals surface area contributed by atoms with Crippen molar-refractivity contribution >= 4 is 60.7 Å². The molecule has 4 rings (SSSR count). The molecule has 2 N–H and O–H groups in total. The van der Waals surface area contributed by atoms with E-state index in [4.69, 9.17) is 0 Å². The Morgan fingerprint density at radius 3 is 2.96 bits per heavy atom. The third-order valence-corrected chi connectivity index (χ3v) is 8.36. The summed E-state index contributed by atoms with van der Waals surface area (Å²) in [5.41, 5.74) is 4.55. The van der Waals surface area contributed by atoms with Gasteiger partial charge >= 0.3 is 0 Å². The molecule has 2 amide bonds. The van der Waals surface area contributed by atoms with Crippen molar-refractivity contribution in [1.82, 2.24) is 15.4 Å². The third kappa shape index (κ3) is 3.87. The maximum absolute atomic E-state index is 12.6. The first-order chi connectivity index (χ1) is 13.3. The quantitative estimate of drug-likeness (QED) is 0.700. The largest absolute Gasteiger partial charge is 0.321 e. The highest BCUT2D eigenvalue weighted by Gasteiger charge is 2.37. The first kappa shape index (κ1) is 19.2. The highest BCUT2D eigenvalue weighted by atomic mass is 32.2. The number of amides is 2. The number of hydrazine groups is 1. The number of nitrogens with one attached hydrogen (secondary N) is 2. The van der Waals surface area contributed by atoms with Gasteiger partial charge in [0.1, 0.15) is 5.70 Å². The molecule has 0 bridgehead atoms. The van der Waals surface area contributed by atoms with Crippen LogP contribution in [0.1, 0.15) is 12.8 Å². The second-order valence-corrected chi connectivity index (χ2v) is 10.9. The molecule has 0 spiro atoms. The number of aromatic nitrogens is 1. The van der Waals surface area contributed by atoms with E-state index in [0.29, 0.717) is 12.1 Å². The molecule has 1 fully saturated rings. The van der Waals surface area contributed by atoms with Crippen molar-refractivity contribution in [3.05, 3.63) is 30.0 Å². The van der Waals surface area contributed by atoms with E-state index in [2.05, 4.69) is 15.7 Å². The predicted octanol–water partition coefficient (Wildman–Crippen LogP) is 1.76. The minimum atomic E-state index is -3.14. The van der Waals surface area contributed by atoms with Gasteiger partial charge < -0.3 is 5.32 Å². The number of benzene rings is 1. The lowest BCUT2D eigenvalue weighted by molar-refractivity contribution is -0.136. The summed E-state index contributed by atoms with van der Waals surface area (Å²) in [5, 5.41) is 4.11. The van der Waals surface area contributed by atoms with Crippen LogP contribution < -0.4 is 10.7 Å². The average Bonchev–Trinajstić information content (AvgIpc) is 3.24. The Labute approximate surface area is 170 Å². The summed E-state index contributed by atoms with van der Waals surface area (Å²) in [6, 6.07) is 5.04. The van der Waals surface area contributed by atoms with E-state index >= 15 is 0 Å². The smallest absolute Gasteiger partial charge is 0.273 e. The van der Waals surface area contributed by atoms with Crippen molar-refractivity contribution in [2.45, 2.75) is 23.2 Å². The van der Waals surface area contributed by atoms with Crippen LogP contribution in [0.4, 0.5) is 5.69 Å². The van der Waals surface area contributed by atoms with E-state index in [-0.39, 0.29) is 35.4 Å². The van der Waals surface area contributed by atoms with Crippen LogP contribution >= 0.6 is 23.1 Å². The molecule has 11 heteroatoms.